The highest BCUT2D eigenvalue weighted by molar-refractivity contribution is 8.00. The number of anilines is 1. The smallest absolute Gasteiger partial charge is 0.253 e. The first-order valence-electron chi connectivity index (χ1n) is 9.43. The fraction of sp³-hybridized carbons (Fsp3) is 0.238. The van der Waals surface area contributed by atoms with Crippen LogP contribution in [0, 0.1) is 0 Å². The maximum atomic E-state index is 12.4. The molecule has 1 fully saturated rings. The van der Waals surface area contributed by atoms with Crippen LogP contribution in [-0.4, -0.2) is 55.0 Å². The lowest BCUT2D eigenvalue weighted by atomic mass is 10.1. The van der Waals surface area contributed by atoms with Crippen LogP contribution >= 0.6 is 11.8 Å². The van der Waals surface area contributed by atoms with Crippen molar-refractivity contribution in [2.45, 2.75) is 11.7 Å². The summed E-state index contributed by atoms with van der Waals surface area (Å²) in [5.41, 5.74) is 2.96. The summed E-state index contributed by atoms with van der Waals surface area (Å²) in [6.07, 6.45) is 6.65. The Hall–Kier alpha value is -3.01. The second kappa shape index (κ2) is 8.78. The van der Waals surface area contributed by atoms with Crippen LogP contribution in [0.5, 0.6) is 0 Å². The standard InChI is InChI=1S/C21H21N5O3S/c27-20(17-4-5-18(23-13-17)16-2-1-7-22-12-16)25-11-15-3-6-19(24-10-15)26-8-9-30-21(28,29)14-26/h1-7,10,12-13,28-29H,8-9,11,14H2,(H,25,27). The molecule has 0 spiro atoms. The molecule has 30 heavy (non-hydrogen) atoms. The Kier molecular flexibility index (Phi) is 5.93. The Balaban J connectivity index is 1.34. The number of aliphatic hydroxyl groups is 2. The lowest BCUT2D eigenvalue weighted by Crippen LogP contribution is -2.46. The molecule has 0 atom stereocenters. The predicted molar refractivity (Wildman–Crippen MR) is 115 cm³/mol. The largest absolute Gasteiger partial charge is 0.356 e. The molecule has 1 aliphatic heterocycles. The molecule has 8 nitrogen and oxygen atoms in total. The van der Waals surface area contributed by atoms with Crippen molar-refractivity contribution in [1.29, 1.82) is 0 Å². The summed E-state index contributed by atoms with van der Waals surface area (Å²) in [7, 11) is 0. The van der Waals surface area contributed by atoms with Gasteiger partial charge < -0.3 is 20.4 Å². The number of amides is 1. The number of aromatic nitrogens is 3. The predicted octanol–water partition coefficient (Wildman–Crippen LogP) is 1.66. The highest BCUT2D eigenvalue weighted by Gasteiger charge is 2.32. The maximum Gasteiger partial charge on any atom is 0.253 e. The third-order valence-corrected chi connectivity index (χ3v) is 5.64. The quantitative estimate of drug-likeness (QED) is 0.532. The van der Waals surface area contributed by atoms with E-state index in [1.807, 2.05) is 29.2 Å². The van der Waals surface area contributed by atoms with Gasteiger partial charge in [0.15, 0.2) is 0 Å². The summed E-state index contributed by atoms with van der Waals surface area (Å²) in [5.74, 6) is 1.07. The van der Waals surface area contributed by atoms with Gasteiger partial charge in [0, 0.05) is 49.2 Å². The van der Waals surface area contributed by atoms with Crippen molar-refractivity contribution in [2.75, 3.05) is 23.7 Å². The SMILES string of the molecule is O=C(NCc1ccc(N2CCSC(O)(O)C2)nc1)c1ccc(-c2cccnc2)nc1. The van der Waals surface area contributed by atoms with Crippen LogP contribution in [0.3, 0.4) is 0 Å². The first-order valence-corrected chi connectivity index (χ1v) is 10.4. The van der Waals surface area contributed by atoms with Crippen LogP contribution in [0.15, 0.2) is 61.2 Å². The van der Waals surface area contributed by atoms with E-state index in [-0.39, 0.29) is 12.5 Å². The minimum Gasteiger partial charge on any atom is -0.356 e. The molecule has 0 radical (unpaired) electrons. The summed E-state index contributed by atoms with van der Waals surface area (Å²) < 4.78 is 0. The van der Waals surface area contributed by atoms with Gasteiger partial charge in [0.25, 0.3) is 5.91 Å². The zero-order valence-electron chi connectivity index (χ0n) is 16.1. The van der Waals surface area contributed by atoms with Crippen LogP contribution in [0.25, 0.3) is 11.3 Å². The van der Waals surface area contributed by atoms with Crippen LogP contribution in [0.1, 0.15) is 15.9 Å². The second-order valence-corrected chi connectivity index (χ2v) is 8.25. The number of hydrogen-bond donors (Lipinski definition) is 3. The number of carbonyl (C=O) groups is 1. The Morgan fingerprint density at radius 1 is 1.13 bits per heavy atom. The van der Waals surface area contributed by atoms with Crippen molar-refractivity contribution in [3.8, 4) is 11.3 Å². The minimum absolute atomic E-state index is 0.1000. The Morgan fingerprint density at radius 3 is 2.70 bits per heavy atom. The lowest BCUT2D eigenvalue weighted by molar-refractivity contribution is -0.0699. The monoisotopic (exact) mass is 423 g/mol. The average molecular weight is 423 g/mol. The molecule has 0 unspecified atom stereocenters. The fourth-order valence-electron chi connectivity index (χ4n) is 3.09. The van der Waals surface area contributed by atoms with E-state index in [0.29, 0.717) is 30.2 Å². The molecule has 0 aliphatic carbocycles. The van der Waals surface area contributed by atoms with Crippen molar-refractivity contribution in [1.82, 2.24) is 20.3 Å². The van der Waals surface area contributed by atoms with E-state index in [4.69, 9.17) is 0 Å². The van der Waals surface area contributed by atoms with Gasteiger partial charge in [0.05, 0.1) is 17.8 Å². The van der Waals surface area contributed by atoms with Crippen molar-refractivity contribution in [2.24, 2.45) is 0 Å². The number of nitrogens with one attached hydrogen (secondary N) is 1. The number of carbonyl (C=O) groups excluding carboxylic acids is 1. The van der Waals surface area contributed by atoms with Crippen molar-refractivity contribution >= 4 is 23.5 Å². The third kappa shape index (κ3) is 4.93. The van der Waals surface area contributed by atoms with Crippen molar-refractivity contribution in [3.63, 3.8) is 0 Å². The maximum absolute atomic E-state index is 12.4. The molecule has 9 heteroatoms. The molecule has 1 amide bonds. The lowest BCUT2D eigenvalue weighted by Gasteiger charge is -2.35. The molecule has 0 saturated carbocycles. The number of hydrogen-bond acceptors (Lipinski definition) is 8. The molecule has 3 aromatic rings. The molecule has 4 rings (SSSR count). The van der Waals surface area contributed by atoms with E-state index in [1.165, 1.54) is 0 Å². The van der Waals surface area contributed by atoms with Crippen LogP contribution in [-0.2, 0) is 6.54 Å². The van der Waals surface area contributed by atoms with Crippen LogP contribution in [0.4, 0.5) is 5.82 Å². The van der Waals surface area contributed by atoms with Crippen molar-refractivity contribution < 1.29 is 15.0 Å². The summed E-state index contributed by atoms with van der Waals surface area (Å²) >= 11 is 1.12. The van der Waals surface area contributed by atoms with Gasteiger partial charge in [-0.25, -0.2) is 4.98 Å². The first kappa shape index (κ1) is 20.3. The highest BCUT2D eigenvalue weighted by Crippen LogP contribution is 2.27. The number of nitrogens with zero attached hydrogens (tertiary/aromatic N) is 4. The average Bonchev–Trinajstić information content (AvgIpc) is 2.78. The van der Waals surface area contributed by atoms with E-state index in [9.17, 15) is 15.0 Å². The summed E-state index contributed by atoms with van der Waals surface area (Å²) in [4.78, 5) is 27.0. The molecule has 1 aliphatic rings. The molecular formula is C21H21N5O3S. The molecule has 154 valence electrons. The Morgan fingerprint density at radius 2 is 2.03 bits per heavy atom. The first-order chi connectivity index (χ1) is 14.5. The highest BCUT2D eigenvalue weighted by atomic mass is 32.2. The zero-order chi connectivity index (χ0) is 21.0. The van der Waals surface area contributed by atoms with E-state index in [1.54, 1.807) is 36.9 Å². The van der Waals surface area contributed by atoms with Gasteiger partial charge in [0.2, 0.25) is 5.12 Å². The van der Waals surface area contributed by atoms with E-state index >= 15 is 0 Å². The second-order valence-electron chi connectivity index (χ2n) is 6.89. The van der Waals surface area contributed by atoms with E-state index in [2.05, 4.69) is 20.3 Å². The van der Waals surface area contributed by atoms with Crippen LogP contribution < -0.4 is 10.2 Å². The molecule has 3 N–H and O–H groups in total. The van der Waals surface area contributed by atoms with Gasteiger partial charge >= 0.3 is 0 Å². The Labute approximate surface area is 178 Å². The van der Waals surface area contributed by atoms with Gasteiger partial charge in [-0.3, -0.25) is 14.8 Å². The van der Waals surface area contributed by atoms with Crippen LogP contribution in [0.2, 0.25) is 0 Å². The van der Waals surface area contributed by atoms with Gasteiger partial charge in [-0.15, -0.1) is 0 Å². The van der Waals surface area contributed by atoms with E-state index < -0.39 is 5.12 Å². The van der Waals surface area contributed by atoms with Gasteiger partial charge in [0.1, 0.15) is 5.82 Å². The van der Waals surface area contributed by atoms with Gasteiger partial charge in [-0.1, -0.05) is 17.8 Å². The number of pyridine rings is 3. The topological polar surface area (TPSA) is 111 Å². The molecule has 3 aromatic heterocycles. The number of thioether (sulfide) groups is 1. The molecule has 0 aromatic carbocycles. The summed E-state index contributed by atoms with van der Waals surface area (Å²) in [5, 5.41) is 20.7. The van der Waals surface area contributed by atoms with Crippen molar-refractivity contribution in [3.05, 3.63) is 72.3 Å². The number of rotatable bonds is 5. The van der Waals surface area contributed by atoms with Gasteiger partial charge in [-0.2, -0.15) is 0 Å². The number of β-amino-alcohol motifs (C(OH)–C–C–N with tert-alkyl or cyclic N) is 2. The van der Waals surface area contributed by atoms with Gasteiger partial charge in [-0.05, 0) is 35.9 Å². The molecular weight excluding hydrogens is 402 g/mol. The molecule has 1 saturated heterocycles. The molecule has 4 heterocycles. The fourth-order valence-corrected chi connectivity index (χ4v) is 3.98. The zero-order valence-corrected chi connectivity index (χ0v) is 16.9. The summed E-state index contributed by atoms with van der Waals surface area (Å²) in [6.45, 7) is 1.12. The normalized spacial score (nSPS) is 15.6. The third-order valence-electron chi connectivity index (χ3n) is 4.66. The summed E-state index contributed by atoms with van der Waals surface area (Å²) in [6, 6.07) is 11.0. The molecule has 0 bridgehead atoms. The Bertz CT molecular complexity index is 997. The minimum atomic E-state index is -1.76. The van der Waals surface area contributed by atoms with E-state index in [0.717, 1.165) is 28.6 Å².